The fraction of sp³-hybridized carbons (Fsp3) is 0.385. The van der Waals surface area contributed by atoms with E-state index in [0.717, 1.165) is 0 Å². The molecule has 0 radical (unpaired) electrons. The monoisotopic (exact) mass is 262 g/mol. The van der Waals surface area contributed by atoms with E-state index in [1.165, 1.54) is 0 Å². The van der Waals surface area contributed by atoms with Crippen molar-refractivity contribution in [3.05, 3.63) is 18.2 Å². The highest BCUT2D eigenvalue weighted by Gasteiger charge is 2.10. The molecule has 3 N–H and O–H groups in total. The van der Waals surface area contributed by atoms with Crippen LogP contribution in [0.4, 0.5) is 11.7 Å². The lowest BCUT2D eigenvalue weighted by molar-refractivity contribution is -0.116. The number of nitrogens with zero attached hydrogens (tertiary/aromatic N) is 2. The van der Waals surface area contributed by atoms with Gasteiger partial charge in [0.15, 0.2) is 5.58 Å². The molecule has 102 valence electrons. The van der Waals surface area contributed by atoms with Gasteiger partial charge in [0.25, 0.3) is 6.01 Å². The van der Waals surface area contributed by atoms with Gasteiger partial charge in [-0.25, -0.2) is 0 Å². The molecule has 0 aliphatic rings. The summed E-state index contributed by atoms with van der Waals surface area (Å²) < 4.78 is 5.54. The molecule has 0 spiro atoms. The summed E-state index contributed by atoms with van der Waals surface area (Å²) in [5, 5.41) is 2.79. The van der Waals surface area contributed by atoms with E-state index >= 15 is 0 Å². The Balaban J connectivity index is 2.19. The minimum atomic E-state index is -0.156. The molecule has 0 bridgehead atoms. The van der Waals surface area contributed by atoms with Gasteiger partial charge in [-0.1, -0.05) is 0 Å². The van der Waals surface area contributed by atoms with Crippen molar-refractivity contribution in [2.45, 2.75) is 19.4 Å². The summed E-state index contributed by atoms with van der Waals surface area (Å²) in [5.41, 5.74) is 7.67. The molecule has 1 aromatic carbocycles. The Bertz CT molecular complexity index is 589. The molecule has 0 saturated heterocycles. The van der Waals surface area contributed by atoms with Gasteiger partial charge in [-0.3, -0.25) is 4.79 Å². The highest BCUT2D eigenvalue weighted by Crippen LogP contribution is 2.23. The SMILES string of the molecule is CC(N)CC(=O)Nc1ccc2oc(N(C)C)nc2c1. The van der Waals surface area contributed by atoms with Crippen LogP contribution in [0.15, 0.2) is 22.6 Å². The molecule has 6 nitrogen and oxygen atoms in total. The first-order valence-corrected chi connectivity index (χ1v) is 6.09. The predicted octanol–water partition coefficient (Wildman–Crippen LogP) is 1.57. The third-order valence-electron chi connectivity index (χ3n) is 2.55. The fourth-order valence-electron chi connectivity index (χ4n) is 1.69. The number of carbonyl (C=O) groups excluding carboxylic acids is 1. The zero-order chi connectivity index (χ0) is 14.0. The van der Waals surface area contributed by atoms with Crippen LogP contribution < -0.4 is 16.0 Å². The van der Waals surface area contributed by atoms with E-state index in [2.05, 4.69) is 10.3 Å². The number of aromatic nitrogens is 1. The Morgan fingerprint density at radius 2 is 2.26 bits per heavy atom. The Hall–Kier alpha value is -2.08. The molecule has 1 aromatic heterocycles. The van der Waals surface area contributed by atoms with E-state index in [-0.39, 0.29) is 11.9 Å². The van der Waals surface area contributed by atoms with Gasteiger partial charge in [-0.05, 0) is 25.1 Å². The number of hydrogen-bond acceptors (Lipinski definition) is 5. The third-order valence-corrected chi connectivity index (χ3v) is 2.55. The fourth-order valence-corrected chi connectivity index (χ4v) is 1.69. The second-order valence-corrected chi connectivity index (χ2v) is 4.80. The van der Waals surface area contributed by atoms with E-state index in [1.54, 1.807) is 30.0 Å². The van der Waals surface area contributed by atoms with Gasteiger partial charge in [0.05, 0.1) is 0 Å². The van der Waals surface area contributed by atoms with Crippen LogP contribution in [0.1, 0.15) is 13.3 Å². The number of rotatable bonds is 4. The van der Waals surface area contributed by atoms with Gasteiger partial charge in [-0.2, -0.15) is 4.98 Å². The lowest BCUT2D eigenvalue weighted by atomic mass is 10.2. The molecule has 1 heterocycles. The number of hydrogen-bond donors (Lipinski definition) is 2. The summed E-state index contributed by atoms with van der Waals surface area (Å²) >= 11 is 0. The van der Waals surface area contributed by atoms with Gasteiger partial charge >= 0.3 is 0 Å². The van der Waals surface area contributed by atoms with Crippen LogP contribution in [0.3, 0.4) is 0 Å². The average molecular weight is 262 g/mol. The zero-order valence-electron chi connectivity index (χ0n) is 11.3. The standard InChI is InChI=1S/C13H18N4O2/c1-8(14)6-12(18)15-9-4-5-11-10(7-9)16-13(19-11)17(2)3/h4-5,7-8H,6,14H2,1-3H3,(H,15,18). The molecular formula is C13H18N4O2. The van der Waals surface area contributed by atoms with E-state index in [4.69, 9.17) is 10.2 Å². The highest BCUT2D eigenvalue weighted by atomic mass is 16.4. The summed E-state index contributed by atoms with van der Waals surface area (Å²) in [6.07, 6.45) is 0.291. The van der Waals surface area contributed by atoms with Crippen LogP contribution >= 0.6 is 0 Å². The molecule has 2 rings (SSSR count). The topological polar surface area (TPSA) is 84.4 Å². The first-order chi connectivity index (χ1) is 8.95. The molecule has 19 heavy (non-hydrogen) atoms. The lowest BCUT2D eigenvalue weighted by Gasteiger charge is -2.06. The van der Waals surface area contributed by atoms with Gasteiger partial charge in [0, 0.05) is 32.2 Å². The minimum Gasteiger partial charge on any atom is -0.423 e. The number of carbonyl (C=O) groups is 1. The Labute approximate surface area is 111 Å². The first kappa shape index (κ1) is 13.4. The van der Waals surface area contributed by atoms with Crippen molar-refractivity contribution in [2.75, 3.05) is 24.3 Å². The molecule has 2 aromatic rings. The van der Waals surface area contributed by atoms with Crippen molar-refractivity contribution >= 4 is 28.7 Å². The Kier molecular flexibility index (Phi) is 3.71. The van der Waals surface area contributed by atoms with Crippen molar-refractivity contribution in [3.8, 4) is 0 Å². The second-order valence-electron chi connectivity index (χ2n) is 4.80. The Morgan fingerprint density at radius 1 is 1.53 bits per heavy atom. The first-order valence-electron chi connectivity index (χ1n) is 6.09. The van der Waals surface area contributed by atoms with Crippen LogP contribution in [0.5, 0.6) is 0 Å². The van der Waals surface area contributed by atoms with Gasteiger partial charge in [0.1, 0.15) is 5.52 Å². The molecule has 0 saturated carbocycles. The van der Waals surface area contributed by atoms with Gasteiger partial charge in [-0.15, -0.1) is 0 Å². The molecule has 1 amide bonds. The van der Waals surface area contributed by atoms with E-state index in [9.17, 15) is 4.79 Å². The summed E-state index contributed by atoms with van der Waals surface area (Å²) in [6.45, 7) is 1.80. The molecular weight excluding hydrogens is 244 g/mol. The molecule has 1 unspecified atom stereocenters. The Morgan fingerprint density at radius 3 is 2.89 bits per heavy atom. The normalized spacial score (nSPS) is 12.4. The second kappa shape index (κ2) is 5.27. The number of oxazole rings is 1. The quantitative estimate of drug-likeness (QED) is 0.873. The van der Waals surface area contributed by atoms with E-state index in [1.807, 2.05) is 14.1 Å². The largest absolute Gasteiger partial charge is 0.423 e. The van der Waals surface area contributed by atoms with Gasteiger partial charge < -0.3 is 20.4 Å². The number of fused-ring (bicyclic) bond motifs is 1. The molecule has 0 aliphatic heterocycles. The maximum absolute atomic E-state index is 11.6. The van der Waals surface area contributed by atoms with Crippen LogP contribution in [0.25, 0.3) is 11.1 Å². The molecule has 0 fully saturated rings. The van der Waals surface area contributed by atoms with E-state index in [0.29, 0.717) is 29.2 Å². The van der Waals surface area contributed by atoms with Crippen molar-refractivity contribution < 1.29 is 9.21 Å². The minimum absolute atomic E-state index is 0.106. The maximum atomic E-state index is 11.6. The molecule has 6 heteroatoms. The zero-order valence-corrected chi connectivity index (χ0v) is 11.3. The predicted molar refractivity (Wildman–Crippen MR) is 75.2 cm³/mol. The van der Waals surface area contributed by atoms with Crippen LogP contribution in [0, 0.1) is 0 Å². The molecule has 0 aliphatic carbocycles. The van der Waals surface area contributed by atoms with E-state index < -0.39 is 0 Å². The smallest absolute Gasteiger partial charge is 0.297 e. The number of nitrogens with two attached hydrogens (primary N) is 1. The van der Waals surface area contributed by atoms with Crippen molar-refractivity contribution in [3.63, 3.8) is 0 Å². The summed E-state index contributed by atoms with van der Waals surface area (Å²) in [4.78, 5) is 17.7. The van der Waals surface area contributed by atoms with Crippen LogP contribution in [-0.4, -0.2) is 31.0 Å². The lowest BCUT2D eigenvalue weighted by Crippen LogP contribution is -2.23. The van der Waals surface area contributed by atoms with Crippen LogP contribution in [-0.2, 0) is 4.79 Å². The number of amides is 1. The van der Waals surface area contributed by atoms with Crippen molar-refractivity contribution in [1.29, 1.82) is 0 Å². The van der Waals surface area contributed by atoms with Crippen molar-refractivity contribution in [1.82, 2.24) is 4.98 Å². The maximum Gasteiger partial charge on any atom is 0.297 e. The molecule has 1 atom stereocenters. The van der Waals surface area contributed by atoms with Gasteiger partial charge in [0.2, 0.25) is 5.91 Å². The summed E-state index contributed by atoms with van der Waals surface area (Å²) in [5.74, 6) is -0.106. The summed E-state index contributed by atoms with van der Waals surface area (Å²) in [7, 11) is 3.71. The van der Waals surface area contributed by atoms with Crippen LogP contribution in [0.2, 0.25) is 0 Å². The van der Waals surface area contributed by atoms with Crippen molar-refractivity contribution in [2.24, 2.45) is 5.73 Å². The number of benzene rings is 1. The number of anilines is 2. The highest BCUT2D eigenvalue weighted by molar-refractivity contribution is 5.93. The third kappa shape index (κ3) is 3.23. The number of nitrogens with one attached hydrogen (secondary N) is 1. The average Bonchev–Trinajstić information content (AvgIpc) is 2.70. The summed E-state index contributed by atoms with van der Waals surface area (Å²) in [6, 6.07) is 5.73.